The van der Waals surface area contributed by atoms with Gasteiger partial charge in [-0.05, 0) is 32.9 Å². The lowest BCUT2D eigenvalue weighted by molar-refractivity contribution is -0.147. The van der Waals surface area contributed by atoms with Gasteiger partial charge < -0.3 is 15.0 Å². The number of rotatable bonds is 4. The SMILES string of the molecule is CCN(C(=O)c1cc2ccccc2[nH]1)C(C)(C)C(=O)O. The molecule has 0 aliphatic rings. The average Bonchev–Trinajstić information content (AvgIpc) is 2.82. The molecule has 0 spiro atoms. The number of aromatic amines is 1. The quantitative estimate of drug-likeness (QED) is 0.899. The van der Waals surface area contributed by atoms with Crippen LogP contribution in [0.2, 0.25) is 0 Å². The van der Waals surface area contributed by atoms with Crippen LogP contribution in [-0.4, -0.2) is 39.0 Å². The van der Waals surface area contributed by atoms with E-state index in [9.17, 15) is 14.7 Å². The van der Waals surface area contributed by atoms with Crippen molar-refractivity contribution in [3.8, 4) is 0 Å². The molecule has 0 bridgehead atoms. The number of nitrogens with zero attached hydrogens (tertiary/aromatic N) is 1. The molecular formula is C15H18N2O3. The first-order chi connectivity index (χ1) is 9.37. The van der Waals surface area contributed by atoms with Gasteiger partial charge in [0.2, 0.25) is 0 Å². The first-order valence-corrected chi connectivity index (χ1v) is 6.51. The second-order valence-electron chi connectivity index (χ2n) is 5.18. The predicted octanol–water partition coefficient (Wildman–Crippen LogP) is 2.49. The van der Waals surface area contributed by atoms with Crippen molar-refractivity contribution in [1.82, 2.24) is 9.88 Å². The molecule has 1 aromatic heterocycles. The van der Waals surface area contributed by atoms with E-state index in [1.807, 2.05) is 24.3 Å². The molecule has 1 amide bonds. The monoisotopic (exact) mass is 274 g/mol. The number of para-hydroxylation sites is 1. The number of carboxylic acid groups (broad SMARTS) is 1. The van der Waals surface area contributed by atoms with Crippen LogP contribution >= 0.6 is 0 Å². The number of carboxylic acids is 1. The van der Waals surface area contributed by atoms with Crippen LogP contribution in [0.1, 0.15) is 31.3 Å². The van der Waals surface area contributed by atoms with Crippen LogP contribution in [0.25, 0.3) is 10.9 Å². The number of H-pyrrole nitrogens is 1. The second kappa shape index (κ2) is 5.00. The summed E-state index contributed by atoms with van der Waals surface area (Å²) in [6.07, 6.45) is 0. The molecule has 0 unspecified atom stereocenters. The summed E-state index contributed by atoms with van der Waals surface area (Å²) in [6, 6.07) is 9.30. The number of fused-ring (bicyclic) bond motifs is 1. The molecule has 5 nitrogen and oxygen atoms in total. The standard InChI is InChI=1S/C15H18N2O3/c1-4-17(15(2,3)14(19)20)13(18)12-9-10-7-5-6-8-11(10)16-12/h5-9,16H,4H2,1-3H3,(H,19,20). The number of carbonyl (C=O) groups excluding carboxylic acids is 1. The molecule has 106 valence electrons. The number of aromatic nitrogens is 1. The largest absolute Gasteiger partial charge is 0.480 e. The lowest BCUT2D eigenvalue weighted by Gasteiger charge is -2.33. The zero-order valence-corrected chi connectivity index (χ0v) is 11.8. The Hall–Kier alpha value is -2.30. The summed E-state index contributed by atoms with van der Waals surface area (Å²) in [4.78, 5) is 28.2. The van der Waals surface area contributed by atoms with Gasteiger partial charge in [0, 0.05) is 17.4 Å². The van der Waals surface area contributed by atoms with Gasteiger partial charge in [-0.15, -0.1) is 0 Å². The maximum absolute atomic E-state index is 12.5. The molecule has 1 heterocycles. The third-order valence-corrected chi connectivity index (χ3v) is 3.52. The summed E-state index contributed by atoms with van der Waals surface area (Å²) in [7, 11) is 0. The summed E-state index contributed by atoms with van der Waals surface area (Å²) in [5, 5.41) is 10.2. The van der Waals surface area contributed by atoms with Crippen LogP contribution in [0.15, 0.2) is 30.3 Å². The second-order valence-corrected chi connectivity index (χ2v) is 5.18. The molecule has 0 saturated heterocycles. The maximum atomic E-state index is 12.5. The van der Waals surface area contributed by atoms with Crippen molar-refractivity contribution in [1.29, 1.82) is 0 Å². The number of hydrogen-bond donors (Lipinski definition) is 2. The Morgan fingerprint density at radius 3 is 2.50 bits per heavy atom. The molecule has 0 radical (unpaired) electrons. The van der Waals surface area contributed by atoms with E-state index >= 15 is 0 Å². The molecule has 1 aromatic carbocycles. The van der Waals surface area contributed by atoms with Gasteiger partial charge in [0.15, 0.2) is 0 Å². The zero-order valence-electron chi connectivity index (χ0n) is 11.8. The van der Waals surface area contributed by atoms with Crippen LogP contribution in [0, 0.1) is 0 Å². The molecule has 0 aliphatic carbocycles. The van der Waals surface area contributed by atoms with Crippen LogP contribution in [0.4, 0.5) is 0 Å². The highest BCUT2D eigenvalue weighted by Crippen LogP contribution is 2.21. The molecular weight excluding hydrogens is 256 g/mol. The average molecular weight is 274 g/mol. The number of amides is 1. The number of benzene rings is 1. The molecule has 5 heteroatoms. The molecule has 2 aromatic rings. The molecule has 0 fully saturated rings. The third-order valence-electron chi connectivity index (χ3n) is 3.52. The summed E-state index contributed by atoms with van der Waals surface area (Å²) in [5.74, 6) is -1.33. The van der Waals surface area contributed by atoms with Crippen LogP contribution in [0.3, 0.4) is 0 Å². The summed E-state index contributed by atoms with van der Waals surface area (Å²) in [6.45, 7) is 5.15. The highest BCUT2D eigenvalue weighted by atomic mass is 16.4. The van der Waals surface area contributed by atoms with Crippen molar-refractivity contribution in [2.24, 2.45) is 0 Å². The van der Waals surface area contributed by atoms with E-state index in [0.29, 0.717) is 12.2 Å². The normalized spacial score (nSPS) is 11.6. The fraction of sp³-hybridized carbons (Fsp3) is 0.333. The van der Waals surface area contributed by atoms with Crippen molar-refractivity contribution >= 4 is 22.8 Å². The van der Waals surface area contributed by atoms with Gasteiger partial charge in [-0.2, -0.15) is 0 Å². The summed E-state index contributed by atoms with van der Waals surface area (Å²) in [5.41, 5.74) is 0.0192. The van der Waals surface area contributed by atoms with Crippen molar-refractivity contribution in [2.45, 2.75) is 26.3 Å². The number of aliphatic carboxylic acids is 1. The number of likely N-dealkylation sites (N-methyl/N-ethyl adjacent to an activating group) is 1. The minimum absolute atomic E-state index is 0.309. The third kappa shape index (κ3) is 2.27. The topological polar surface area (TPSA) is 73.4 Å². The van der Waals surface area contributed by atoms with Gasteiger partial charge in [-0.3, -0.25) is 4.79 Å². The Morgan fingerprint density at radius 1 is 1.30 bits per heavy atom. The highest BCUT2D eigenvalue weighted by molar-refractivity contribution is 6.00. The Kier molecular flexibility index (Phi) is 3.53. The van der Waals surface area contributed by atoms with E-state index in [2.05, 4.69) is 4.98 Å². The van der Waals surface area contributed by atoms with Crippen molar-refractivity contribution in [2.75, 3.05) is 6.54 Å². The first-order valence-electron chi connectivity index (χ1n) is 6.51. The molecule has 2 rings (SSSR count). The van der Waals surface area contributed by atoms with E-state index in [1.165, 1.54) is 18.7 Å². The fourth-order valence-electron chi connectivity index (χ4n) is 2.24. The van der Waals surface area contributed by atoms with Crippen molar-refractivity contribution in [3.63, 3.8) is 0 Å². The Morgan fingerprint density at radius 2 is 1.95 bits per heavy atom. The summed E-state index contributed by atoms with van der Waals surface area (Å²) < 4.78 is 0. The predicted molar refractivity (Wildman–Crippen MR) is 76.7 cm³/mol. The minimum atomic E-state index is -1.25. The van der Waals surface area contributed by atoms with Crippen LogP contribution in [-0.2, 0) is 4.79 Å². The zero-order chi connectivity index (χ0) is 14.9. The van der Waals surface area contributed by atoms with Gasteiger partial charge in [0.1, 0.15) is 11.2 Å². The van der Waals surface area contributed by atoms with Gasteiger partial charge in [0.25, 0.3) is 5.91 Å². The first kappa shape index (κ1) is 14.1. The van der Waals surface area contributed by atoms with E-state index in [-0.39, 0.29) is 5.91 Å². The number of carbonyl (C=O) groups is 2. The molecule has 0 saturated carbocycles. The Bertz CT molecular complexity index is 625. The van der Waals surface area contributed by atoms with E-state index in [4.69, 9.17) is 0 Å². The smallest absolute Gasteiger partial charge is 0.329 e. The number of hydrogen-bond acceptors (Lipinski definition) is 2. The maximum Gasteiger partial charge on any atom is 0.329 e. The highest BCUT2D eigenvalue weighted by Gasteiger charge is 2.37. The van der Waals surface area contributed by atoms with Crippen molar-refractivity contribution < 1.29 is 14.7 Å². The Labute approximate surface area is 117 Å². The van der Waals surface area contributed by atoms with Gasteiger partial charge in [-0.1, -0.05) is 18.2 Å². The van der Waals surface area contributed by atoms with Gasteiger partial charge in [0.05, 0.1) is 0 Å². The van der Waals surface area contributed by atoms with Gasteiger partial charge >= 0.3 is 5.97 Å². The van der Waals surface area contributed by atoms with Crippen LogP contribution < -0.4 is 0 Å². The lowest BCUT2D eigenvalue weighted by atomic mass is 10.0. The minimum Gasteiger partial charge on any atom is -0.480 e. The Balaban J connectivity index is 2.40. The van der Waals surface area contributed by atoms with E-state index in [1.54, 1.807) is 13.0 Å². The summed E-state index contributed by atoms with van der Waals surface area (Å²) >= 11 is 0. The van der Waals surface area contributed by atoms with Gasteiger partial charge in [-0.25, -0.2) is 4.79 Å². The van der Waals surface area contributed by atoms with E-state index in [0.717, 1.165) is 10.9 Å². The number of nitrogens with one attached hydrogen (secondary N) is 1. The molecule has 2 N–H and O–H groups in total. The fourth-order valence-corrected chi connectivity index (χ4v) is 2.24. The lowest BCUT2D eigenvalue weighted by Crippen LogP contribution is -2.53. The van der Waals surface area contributed by atoms with Crippen molar-refractivity contribution in [3.05, 3.63) is 36.0 Å². The van der Waals surface area contributed by atoms with E-state index < -0.39 is 11.5 Å². The molecule has 0 atom stereocenters. The molecule has 0 aliphatic heterocycles. The van der Waals surface area contributed by atoms with Crippen LogP contribution in [0.5, 0.6) is 0 Å². The molecule has 20 heavy (non-hydrogen) atoms.